The maximum atomic E-state index is 12.9. The van der Waals surface area contributed by atoms with Crippen molar-refractivity contribution in [2.45, 2.75) is 160 Å². The molecule has 3 aliphatic heterocycles. The molecule has 0 aromatic heterocycles. The van der Waals surface area contributed by atoms with E-state index in [0.29, 0.717) is 42.5 Å². The van der Waals surface area contributed by atoms with Crippen LogP contribution >= 0.6 is 0 Å². The van der Waals surface area contributed by atoms with Gasteiger partial charge in [0.1, 0.15) is 6.10 Å². The van der Waals surface area contributed by atoms with E-state index < -0.39 is 14.1 Å². The molecule has 3 rings (SSSR count). The molecule has 0 aromatic carbocycles. The molecule has 0 radical (unpaired) electrons. The van der Waals surface area contributed by atoms with Gasteiger partial charge in [0.25, 0.3) is 0 Å². The Morgan fingerprint density at radius 1 is 0.976 bits per heavy atom. The zero-order chi connectivity index (χ0) is 30.9. The number of carbonyl (C=O) groups excluding carboxylic acids is 1. The van der Waals surface area contributed by atoms with Crippen LogP contribution in [0.25, 0.3) is 0 Å². The lowest BCUT2D eigenvalue weighted by Crippen LogP contribution is -2.50. The van der Waals surface area contributed by atoms with Crippen LogP contribution in [0.4, 0.5) is 0 Å². The maximum absolute atomic E-state index is 12.9. The Balaban J connectivity index is 1.85. The van der Waals surface area contributed by atoms with Gasteiger partial charge in [-0.15, -0.1) is 0 Å². The number of carbonyl (C=O) groups is 1. The second-order valence-electron chi connectivity index (χ2n) is 13.8. The number of fused-ring (bicyclic) bond motifs is 2. The van der Waals surface area contributed by atoms with Gasteiger partial charge >= 0.3 is 5.97 Å². The van der Waals surface area contributed by atoms with Crippen LogP contribution in [0.3, 0.4) is 0 Å². The zero-order valence-electron chi connectivity index (χ0n) is 27.6. The van der Waals surface area contributed by atoms with E-state index in [1.165, 1.54) is 5.57 Å². The molecule has 0 aliphatic carbocycles. The highest BCUT2D eigenvalue weighted by Gasteiger charge is 2.46. The van der Waals surface area contributed by atoms with Gasteiger partial charge in [-0.25, -0.2) is 4.79 Å². The Morgan fingerprint density at radius 3 is 2.31 bits per heavy atom. The third-order valence-corrected chi connectivity index (χ3v) is 15.1. The summed E-state index contributed by atoms with van der Waals surface area (Å²) < 4.78 is 31.4. The van der Waals surface area contributed by atoms with Gasteiger partial charge in [-0.2, -0.15) is 0 Å². The van der Waals surface area contributed by atoms with E-state index in [1.807, 2.05) is 19.9 Å². The molecule has 0 saturated carbocycles. The average molecular weight is 603 g/mol. The largest absolute Gasteiger partial charge is 0.459 e. The van der Waals surface area contributed by atoms with Gasteiger partial charge in [0.2, 0.25) is 8.32 Å². The van der Waals surface area contributed by atoms with Crippen molar-refractivity contribution < 1.29 is 28.2 Å². The highest BCUT2D eigenvalue weighted by molar-refractivity contribution is 6.77. The summed E-state index contributed by atoms with van der Waals surface area (Å²) in [5.74, 6) is -0.959. The third-order valence-electron chi connectivity index (χ3n) is 8.97. The predicted octanol–water partition coefficient (Wildman–Crippen LogP) is 8.74. The van der Waals surface area contributed by atoms with Crippen molar-refractivity contribution in [3.63, 3.8) is 0 Å². The lowest BCUT2D eigenvalue weighted by atomic mass is 9.99. The molecule has 6 nitrogen and oxygen atoms in total. The van der Waals surface area contributed by atoms with Crippen LogP contribution in [0.2, 0.25) is 16.6 Å². The van der Waals surface area contributed by atoms with Crippen LogP contribution in [0.1, 0.15) is 107 Å². The van der Waals surface area contributed by atoms with E-state index in [4.69, 9.17) is 23.4 Å². The minimum absolute atomic E-state index is 0.0150. The fourth-order valence-corrected chi connectivity index (χ4v) is 12.6. The number of rotatable bonds is 7. The van der Waals surface area contributed by atoms with E-state index in [-0.39, 0.29) is 36.5 Å². The highest BCUT2D eigenvalue weighted by Crippen LogP contribution is 2.44. The smallest absolute Gasteiger partial charge is 0.330 e. The van der Waals surface area contributed by atoms with Crippen LogP contribution in [-0.2, 0) is 28.2 Å². The lowest BCUT2D eigenvalue weighted by molar-refractivity contribution is -0.150. The van der Waals surface area contributed by atoms with Crippen molar-refractivity contribution in [1.82, 2.24) is 0 Å². The van der Waals surface area contributed by atoms with Gasteiger partial charge in [-0.05, 0) is 69.0 Å². The predicted molar refractivity (Wildman–Crippen MR) is 173 cm³/mol. The van der Waals surface area contributed by atoms with E-state index in [9.17, 15) is 4.79 Å². The molecule has 0 amide bonds. The molecule has 5 atom stereocenters. The highest BCUT2D eigenvalue weighted by atomic mass is 28.4. The van der Waals surface area contributed by atoms with Gasteiger partial charge < -0.3 is 23.4 Å². The van der Waals surface area contributed by atoms with Gasteiger partial charge in [-0.1, -0.05) is 84.1 Å². The minimum Gasteiger partial charge on any atom is -0.459 e. The van der Waals surface area contributed by atoms with Gasteiger partial charge in [-0.3, -0.25) is 0 Å². The van der Waals surface area contributed by atoms with Crippen LogP contribution in [0.15, 0.2) is 48.6 Å². The second kappa shape index (κ2) is 16.0. The molecule has 0 spiro atoms. The van der Waals surface area contributed by atoms with E-state index in [1.54, 1.807) is 6.08 Å². The summed E-state index contributed by atoms with van der Waals surface area (Å²) in [5.41, 5.74) is 2.68. The van der Waals surface area contributed by atoms with Crippen molar-refractivity contribution in [1.29, 1.82) is 0 Å². The number of esters is 1. The Morgan fingerprint density at radius 2 is 1.67 bits per heavy atom. The van der Waals surface area contributed by atoms with Crippen LogP contribution in [-0.4, -0.2) is 57.2 Å². The van der Waals surface area contributed by atoms with E-state index in [2.05, 4.69) is 72.4 Å². The first-order chi connectivity index (χ1) is 19.8. The molecule has 7 heteroatoms. The second-order valence-corrected chi connectivity index (χ2v) is 19.2. The Bertz CT molecular complexity index is 943. The summed E-state index contributed by atoms with van der Waals surface area (Å²) >= 11 is 0. The van der Waals surface area contributed by atoms with E-state index in [0.717, 1.165) is 32.1 Å². The molecular weight excluding hydrogens is 544 g/mol. The van der Waals surface area contributed by atoms with Crippen LogP contribution < -0.4 is 0 Å². The van der Waals surface area contributed by atoms with Crippen molar-refractivity contribution >= 4 is 14.3 Å². The summed E-state index contributed by atoms with van der Waals surface area (Å²) in [6.07, 6.45) is 18.3. The van der Waals surface area contributed by atoms with Crippen LogP contribution in [0, 0.1) is 0 Å². The standard InChI is InChI=1S/C35H58O6Si/c1-25(2)42(26(3)4,27(5)6)41-32-20-12-19-31(23-33-24-37-35(8,9)40-33)39-34(36)21-13-18-30-17-11-16-29(38-30)15-10-14-28(7)22-32/h11-13,17,20-21,25-27,29-33H,7,10,14-16,18-19,22-24H2,1-6,8-9H3. The van der Waals surface area contributed by atoms with E-state index >= 15 is 0 Å². The monoisotopic (exact) mass is 602 g/mol. The van der Waals surface area contributed by atoms with Gasteiger partial charge in [0.15, 0.2) is 5.79 Å². The molecule has 2 bridgehead atoms. The molecule has 0 N–H and O–H groups in total. The van der Waals surface area contributed by atoms with Crippen molar-refractivity contribution in [2.24, 2.45) is 0 Å². The van der Waals surface area contributed by atoms with Crippen molar-refractivity contribution in [2.75, 3.05) is 6.61 Å². The molecule has 3 aliphatic rings. The average Bonchev–Trinajstić information content (AvgIpc) is 3.23. The summed E-state index contributed by atoms with van der Waals surface area (Å²) in [7, 11) is -2.12. The summed E-state index contributed by atoms with van der Waals surface area (Å²) in [6, 6.07) is 0. The molecule has 42 heavy (non-hydrogen) atoms. The first kappa shape index (κ1) is 35.0. The SMILES string of the molecule is C=C1CCCC2CC=CC(CC=CC(=O)OC(CC3COC(C)(C)O3)CC=CC(O[Si](C(C)C)(C(C)C)C(C)C)C1)O2. The Hall–Kier alpha value is -1.51. The molecular formula is C35H58O6Si. The molecule has 3 heterocycles. The third kappa shape index (κ3) is 10.3. The number of cyclic esters (lactones) is 1. The molecule has 238 valence electrons. The van der Waals surface area contributed by atoms with Crippen LogP contribution in [0.5, 0.6) is 0 Å². The topological polar surface area (TPSA) is 63.2 Å². The zero-order valence-corrected chi connectivity index (χ0v) is 28.6. The Labute approximate surface area is 257 Å². The Kier molecular flexibility index (Phi) is 13.3. The lowest BCUT2D eigenvalue weighted by Gasteiger charge is -2.44. The molecule has 0 aromatic rings. The number of ether oxygens (including phenoxy) is 4. The summed E-state index contributed by atoms with van der Waals surface area (Å²) in [6.45, 7) is 22.8. The van der Waals surface area contributed by atoms with Gasteiger partial charge in [0, 0.05) is 18.9 Å². The molecule has 5 unspecified atom stereocenters. The first-order valence-electron chi connectivity index (χ1n) is 16.3. The molecule has 1 saturated heterocycles. The number of hydrogen-bond donors (Lipinski definition) is 0. The molecule has 1 fully saturated rings. The first-order valence-corrected chi connectivity index (χ1v) is 18.5. The fraction of sp³-hybridized carbons (Fsp3) is 0.743. The normalized spacial score (nSPS) is 30.1. The van der Waals surface area contributed by atoms with Crippen molar-refractivity contribution in [3.05, 3.63) is 48.6 Å². The maximum Gasteiger partial charge on any atom is 0.330 e. The number of hydrogen-bond acceptors (Lipinski definition) is 6. The summed E-state index contributed by atoms with van der Waals surface area (Å²) in [5, 5.41) is 0. The summed E-state index contributed by atoms with van der Waals surface area (Å²) in [4.78, 5) is 12.9. The fourth-order valence-electron chi connectivity index (χ4n) is 7.08. The van der Waals surface area contributed by atoms with Gasteiger partial charge in [0.05, 0.1) is 31.0 Å². The quantitative estimate of drug-likeness (QED) is 0.165. The minimum atomic E-state index is -2.12. The van der Waals surface area contributed by atoms with Crippen molar-refractivity contribution in [3.8, 4) is 0 Å².